The van der Waals surface area contributed by atoms with Crippen molar-refractivity contribution in [2.75, 3.05) is 45.5 Å². The van der Waals surface area contributed by atoms with Gasteiger partial charge in [-0.05, 0) is 36.4 Å². The Hall–Kier alpha value is -3.66. The Morgan fingerprint density at radius 1 is 1.09 bits per heavy atom. The number of nitrogens with zero attached hydrogens (tertiary/aromatic N) is 3. The topological polar surface area (TPSA) is 94.0 Å². The number of anilines is 1. The Kier molecular flexibility index (Phi) is 8.59. The van der Waals surface area contributed by atoms with Crippen LogP contribution in [0.5, 0.6) is 23.0 Å². The number of hydrogen-bond donors (Lipinski definition) is 1. The number of aliphatic imine (C=N–C) groups is 1. The van der Waals surface area contributed by atoms with Crippen LogP contribution in [-0.4, -0.2) is 62.2 Å². The molecule has 1 heterocycles. The number of methoxy groups -OCH3 is 3. The summed E-state index contributed by atoms with van der Waals surface area (Å²) in [4.78, 5) is 16.9. The zero-order valence-corrected chi connectivity index (χ0v) is 19.6. The first kappa shape index (κ1) is 24.0. The Morgan fingerprint density at radius 2 is 1.82 bits per heavy atom. The quantitative estimate of drug-likeness (QED) is 0.559. The minimum absolute atomic E-state index is 0.119. The molecule has 0 bridgehead atoms. The molecule has 2 aromatic carbocycles. The van der Waals surface area contributed by atoms with E-state index in [1.165, 1.54) is 11.8 Å². The van der Waals surface area contributed by atoms with E-state index in [-0.39, 0.29) is 11.7 Å². The minimum atomic E-state index is -0.205. The molecule has 0 saturated heterocycles. The summed E-state index contributed by atoms with van der Waals surface area (Å²) in [5.41, 5.74) is 0.601. The molecule has 3 rings (SSSR count). The van der Waals surface area contributed by atoms with Crippen LogP contribution in [0.3, 0.4) is 0 Å². The molecule has 0 spiro atoms. The number of rotatable bonds is 9. The fourth-order valence-electron chi connectivity index (χ4n) is 2.87. The highest BCUT2D eigenvalue weighted by molar-refractivity contribution is 8.14. The van der Waals surface area contributed by atoms with Gasteiger partial charge in [-0.15, -0.1) is 11.7 Å². The van der Waals surface area contributed by atoms with Gasteiger partial charge in [0.25, 0.3) is 0 Å². The van der Waals surface area contributed by atoms with Crippen LogP contribution < -0.4 is 24.3 Å². The van der Waals surface area contributed by atoms with Gasteiger partial charge in [-0.1, -0.05) is 17.8 Å². The summed E-state index contributed by atoms with van der Waals surface area (Å²) in [5, 5.41) is 9.49. The summed E-state index contributed by atoms with van der Waals surface area (Å²) in [6.07, 6.45) is 1.74. The third-order valence-electron chi connectivity index (χ3n) is 4.40. The lowest BCUT2D eigenvalue weighted by Crippen LogP contribution is -2.33. The van der Waals surface area contributed by atoms with Crippen LogP contribution in [0, 0.1) is 0 Å². The molecule has 0 aromatic heterocycles. The first-order chi connectivity index (χ1) is 16.0. The minimum Gasteiger partial charge on any atom is -0.497 e. The molecular weight excluding hydrogens is 444 g/mol. The van der Waals surface area contributed by atoms with Crippen LogP contribution in [0.25, 0.3) is 0 Å². The van der Waals surface area contributed by atoms with Crippen molar-refractivity contribution in [3.63, 3.8) is 0 Å². The van der Waals surface area contributed by atoms with E-state index in [4.69, 9.17) is 18.9 Å². The number of hydrogen-bond acceptors (Lipinski definition) is 9. The molecule has 1 amide bonds. The maximum atomic E-state index is 12.5. The van der Waals surface area contributed by atoms with Gasteiger partial charge in [0.15, 0.2) is 11.5 Å². The molecule has 1 N–H and O–H groups in total. The number of benzene rings is 2. The highest BCUT2D eigenvalue weighted by atomic mass is 32.2. The maximum absolute atomic E-state index is 12.5. The molecular formula is C23H26N4O5S. The Labute approximate surface area is 197 Å². The monoisotopic (exact) mass is 470 g/mol. The number of thioether (sulfide) groups is 1. The van der Waals surface area contributed by atoms with Gasteiger partial charge in [0.1, 0.15) is 18.0 Å². The molecule has 0 aliphatic carbocycles. The van der Waals surface area contributed by atoms with E-state index in [2.05, 4.69) is 22.0 Å². The molecule has 174 valence electrons. The van der Waals surface area contributed by atoms with E-state index in [1.54, 1.807) is 62.7 Å². The second kappa shape index (κ2) is 11.8. The van der Waals surface area contributed by atoms with Crippen molar-refractivity contribution in [3.05, 3.63) is 55.1 Å². The summed E-state index contributed by atoms with van der Waals surface area (Å²) in [7, 11) is 4.70. The van der Waals surface area contributed by atoms with Crippen molar-refractivity contribution in [1.82, 2.24) is 5.01 Å². The van der Waals surface area contributed by atoms with E-state index in [0.29, 0.717) is 47.1 Å². The number of carbonyl (C=O) groups excluding carboxylic acids is 1. The van der Waals surface area contributed by atoms with Crippen LogP contribution in [0.2, 0.25) is 0 Å². The first-order valence-electron chi connectivity index (χ1n) is 10.0. The lowest BCUT2D eigenvalue weighted by Gasteiger charge is -2.23. The van der Waals surface area contributed by atoms with Gasteiger partial charge in [-0.25, -0.2) is 0 Å². The number of amides is 1. The van der Waals surface area contributed by atoms with Gasteiger partial charge < -0.3 is 24.3 Å². The predicted molar refractivity (Wildman–Crippen MR) is 131 cm³/mol. The first-order valence-corrected chi connectivity index (χ1v) is 11.0. The third kappa shape index (κ3) is 6.91. The van der Waals surface area contributed by atoms with Gasteiger partial charge in [-0.2, -0.15) is 4.99 Å². The van der Waals surface area contributed by atoms with Gasteiger partial charge in [-0.3, -0.25) is 9.80 Å². The molecule has 1 aliphatic rings. The lowest BCUT2D eigenvalue weighted by molar-refractivity contribution is -0.113. The van der Waals surface area contributed by atoms with Crippen molar-refractivity contribution in [2.45, 2.75) is 0 Å². The molecule has 0 unspecified atom stereocenters. The standard InChI is InChI=1S/C23H26N4O5S/c1-5-12-27-14-22(32-18-9-7-17(29-2)8-10-18)25-23(26-27)33-15-21(28)24-16-6-11-19(30-3)20(13-16)31-4/h5-11,13H,1,12,14-15H2,2-4H3,(H,24,28). The highest BCUT2D eigenvalue weighted by Gasteiger charge is 2.18. The normalized spacial score (nSPS) is 12.9. The molecule has 0 atom stereocenters. The van der Waals surface area contributed by atoms with Crippen molar-refractivity contribution >= 4 is 34.4 Å². The fraction of sp³-hybridized carbons (Fsp3) is 0.261. The number of ether oxygens (including phenoxy) is 4. The van der Waals surface area contributed by atoms with E-state index in [9.17, 15) is 4.79 Å². The van der Waals surface area contributed by atoms with Gasteiger partial charge in [0, 0.05) is 11.8 Å². The molecule has 2 aromatic rings. The van der Waals surface area contributed by atoms with Crippen LogP contribution in [0.4, 0.5) is 5.69 Å². The molecule has 0 radical (unpaired) electrons. The molecule has 33 heavy (non-hydrogen) atoms. The maximum Gasteiger partial charge on any atom is 0.234 e. The van der Waals surface area contributed by atoms with Crippen molar-refractivity contribution in [2.24, 2.45) is 10.1 Å². The molecule has 0 saturated carbocycles. The fourth-order valence-corrected chi connectivity index (χ4v) is 3.54. The van der Waals surface area contributed by atoms with Crippen LogP contribution in [0.15, 0.2) is 65.2 Å². The largest absolute Gasteiger partial charge is 0.497 e. The second-order valence-corrected chi connectivity index (χ2v) is 7.65. The van der Waals surface area contributed by atoms with E-state index in [0.717, 1.165) is 5.75 Å². The number of hydrazone groups is 1. The zero-order valence-electron chi connectivity index (χ0n) is 18.7. The summed E-state index contributed by atoms with van der Waals surface area (Å²) in [5.74, 6) is 2.87. The Bertz CT molecular complexity index is 1040. The molecule has 0 fully saturated rings. The van der Waals surface area contributed by atoms with Crippen molar-refractivity contribution in [3.8, 4) is 23.0 Å². The van der Waals surface area contributed by atoms with Gasteiger partial charge >= 0.3 is 0 Å². The van der Waals surface area contributed by atoms with Crippen LogP contribution in [-0.2, 0) is 4.79 Å². The number of carbonyl (C=O) groups is 1. The predicted octanol–water partition coefficient (Wildman–Crippen LogP) is 3.63. The SMILES string of the molecule is C=CCN1CC(Oc2ccc(OC)cc2)=NC(SCC(=O)Nc2ccc(OC)c(OC)c2)=N1. The molecule has 10 heteroatoms. The van der Waals surface area contributed by atoms with Crippen molar-refractivity contribution < 1.29 is 23.7 Å². The second-order valence-electron chi connectivity index (χ2n) is 6.71. The smallest absolute Gasteiger partial charge is 0.234 e. The summed E-state index contributed by atoms with van der Waals surface area (Å²) in [6.45, 7) is 4.67. The molecule has 1 aliphatic heterocycles. The lowest BCUT2D eigenvalue weighted by atomic mass is 10.2. The number of nitrogens with one attached hydrogen (secondary N) is 1. The summed E-state index contributed by atoms with van der Waals surface area (Å²) < 4.78 is 21.6. The highest BCUT2D eigenvalue weighted by Crippen LogP contribution is 2.29. The van der Waals surface area contributed by atoms with Crippen LogP contribution in [0.1, 0.15) is 0 Å². The zero-order chi connectivity index (χ0) is 23.6. The number of amidine groups is 1. The summed E-state index contributed by atoms with van der Waals surface area (Å²) in [6, 6.07) is 12.4. The molecule has 9 nitrogen and oxygen atoms in total. The Morgan fingerprint density at radius 3 is 2.48 bits per heavy atom. The third-order valence-corrected chi connectivity index (χ3v) is 5.24. The van der Waals surface area contributed by atoms with Crippen molar-refractivity contribution in [1.29, 1.82) is 0 Å². The van der Waals surface area contributed by atoms with Gasteiger partial charge in [0.2, 0.25) is 17.0 Å². The average molecular weight is 471 g/mol. The van der Waals surface area contributed by atoms with E-state index < -0.39 is 0 Å². The van der Waals surface area contributed by atoms with Crippen LogP contribution >= 0.6 is 11.8 Å². The summed E-state index contributed by atoms with van der Waals surface area (Å²) >= 11 is 1.21. The van der Waals surface area contributed by atoms with E-state index in [1.807, 2.05) is 12.1 Å². The van der Waals surface area contributed by atoms with Gasteiger partial charge in [0.05, 0.1) is 33.6 Å². The van der Waals surface area contributed by atoms with E-state index >= 15 is 0 Å². The average Bonchev–Trinajstić information content (AvgIpc) is 2.83. The Balaban J connectivity index is 1.63.